The van der Waals surface area contributed by atoms with Crippen LogP contribution in [-0.4, -0.2) is 30.4 Å². The second-order valence-corrected chi connectivity index (χ2v) is 6.17. The molecule has 0 aliphatic carbocycles. The molecule has 0 radical (unpaired) electrons. The number of rotatable bonds is 4. The number of aromatic carboxylic acids is 1. The zero-order valence-corrected chi connectivity index (χ0v) is 12.6. The topological polar surface area (TPSA) is 75.6 Å². The summed E-state index contributed by atoms with van der Waals surface area (Å²) in [5, 5.41) is 14.0. The molecule has 0 saturated carbocycles. The average molecular weight is 315 g/mol. The normalized spacial score (nSPS) is 16.1. The molecule has 2 aromatic rings. The third-order valence-electron chi connectivity index (χ3n) is 3.50. The largest absolute Gasteiger partial charge is 0.561 e. The molecule has 7 heteroatoms. The maximum Gasteiger partial charge on any atom is 0.363 e. The number of carboxylic acids is 1. The van der Waals surface area contributed by atoms with Crippen molar-refractivity contribution < 1.29 is 19.3 Å². The summed E-state index contributed by atoms with van der Waals surface area (Å²) < 4.78 is 5.57. The van der Waals surface area contributed by atoms with Gasteiger partial charge in [-0.3, -0.25) is 4.79 Å². The first kappa shape index (κ1) is 14.7. The van der Waals surface area contributed by atoms with Crippen molar-refractivity contribution in [2.45, 2.75) is 18.8 Å². The molecule has 22 heavy (non-hydrogen) atoms. The first-order valence-corrected chi connectivity index (χ1v) is 7.81. The number of fused-ring (bicyclic) bond motifs is 1. The lowest BCUT2D eigenvalue weighted by Crippen LogP contribution is -2.45. The molecule has 1 aromatic carbocycles. The number of para-hydroxylation sites is 1. The summed E-state index contributed by atoms with van der Waals surface area (Å²) in [4.78, 5) is 24.2. The summed E-state index contributed by atoms with van der Waals surface area (Å²) in [6.07, 6.45) is 0.933. The molecule has 0 saturated heterocycles. The summed E-state index contributed by atoms with van der Waals surface area (Å²) in [7, 11) is 0.285. The van der Waals surface area contributed by atoms with E-state index in [9.17, 15) is 9.59 Å². The molecule has 5 nitrogen and oxygen atoms in total. The smallest absolute Gasteiger partial charge is 0.363 e. The quantitative estimate of drug-likeness (QED) is 0.837. The lowest BCUT2D eigenvalue weighted by molar-refractivity contribution is -0.120. The summed E-state index contributed by atoms with van der Waals surface area (Å²) in [5.41, 5.74) is 0.980. The van der Waals surface area contributed by atoms with E-state index in [0.717, 1.165) is 10.4 Å². The van der Waals surface area contributed by atoms with Crippen LogP contribution in [0.4, 0.5) is 0 Å². The highest BCUT2D eigenvalue weighted by Crippen LogP contribution is 2.28. The van der Waals surface area contributed by atoms with Gasteiger partial charge in [0.25, 0.3) is 0 Å². The Morgan fingerprint density at radius 2 is 2.23 bits per heavy atom. The van der Waals surface area contributed by atoms with E-state index in [1.165, 1.54) is 6.07 Å². The zero-order valence-electron chi connectivity index (χ0n) is 11.7. The van der Waals surface area contributed by atoms with Crippen LogP contribution in [0.15, 0.2) is 35.7 Å². The molecule has 0 spiro atoms. The molecule has 1 aromatic heterocycles. The van der Waals surface area contributed by atoms with Gasteiger partial charge in [0.1, 0.15) is 5.75 Å². The lowest BCUT2D eigenvalue weighted by atomic mass is 9.79. The highest BCUT2D eigenvalue weighted by Gasteiger charge is 2.26. The Hall–Kier alpha value is -2.28. The summed E-state index contributed by atoms with van der Waals surface area (Å²) in [5.74, 6) is -0.770. The number of carboxylic acid groups (broad SMARTS) is 1. The molecule has 2 heterocycles. The van der Waals surface area contributed by atoms with E-state index in [4.69, 9.17) is 9.76 Å². The van der Waals surface area contributed by atoms with Crippen molar-refractivity contribution in [2.75, 3.05) is 0 Å². The number of benzene rings is 1. The van der Waals surface area contributed by atoms with Crippen LogP contribution < -0.4 is 9.97 Å². The molecule has 1 aliphatic rings. The van der Waals surface area contributed by atoms with Crippen molar-refractivity contribution in [3.63, 3.8) is 0 Å². The Morgan fingerprint density at radius 3 is 2.95 bits per heavy atom. The highest BCUT2D eigenvalue weighted by atomic mass is 32.1. The maximum absolute atomic E-state index is 12.0. The van der Waals surface area contributed by atoms with Crippen LogP contribution in [-0.2, 0) is 17.6 Å². The van der Waals surface area contributed by atoms with Gasteiger partial charge in [-0.1, -0.05) is 18.2 Å². The van der Waals surface area contributed by atoms with Crippen molar-refractivity contribution in [3.05, 3.63) is 51.7 Å². The van der Waals surface area contributed by atoms with Crippen LogP contribution in [0, 0.1) is 0 Å². The van der Waals surface area contributed by atoms with Gasteiger partial charge in [-0.25, -0.2) is 4.79 Å². The number of carbonyl (C=O) groups is 2. The van der Waals surface area contributed by atoms with Crippen LogP contribution in [0.5, 0.6) is 5.75 Å². The molecule has 1 atom stereocenters. The summed E-state index contributed by atoms with van der Waals surface area (Å²) in [6.45, 7) is 0. The van der Waals surface area contributed by atoms with Gasteiger partial charge in [0.2, 0.25) is 5.91 Å². The molecule has 2 N–H and O–H groups in total. The number of hydrogen-bond donors (Lipinski definition) is 2. The molecule has 1 unspecified atom stereocenters. The molecule has 1 amide bonds. The van der Waals surface area contributed by atoms with Gasteiger partial charge in [-0.05, 0) is 29.5 Å². The van der Waals surface area contributed by atoms with E-state index in [1.807, 2.05) is 23.6 Å². The summed E-state index contributed by atoms with van der Waals surface area (Å²) >= 11 is 1.55. The molecular formula is C15H14BNO4S. The minimum Gasteiger partial charge on any atom is -0.561 e. The van der Waals surface area contributed by atoms with Gasteiger partial charge >= 0.3 is 13.5 Å². The minimum atomic E-state index is -1.00. The number of carbonyl (C=O) groups excluding carboxylic acids is 1. The number of hydrogen-bond acceptors (Lipinski definition) is 4. The summed E-state index contributed by atoms with van der Waals surface area (Å²) in [6, 6.07) is 8.90. The fourth-order valence-electron chi connectivity index (χ4n) is 2.54. The fraction of sp³-hybridized carbons (Fsp3) is 0.200. The number of nitrogens with one attached hydrogen (secondary N) is 1. The second-order valence-electron chi connectivity index (χ2n) is 5.13. The van der Waals surface area contributed by atoms with Crippen molar-refractivity contribution in [3.8, 4) is 5.75 Å². The van der Waals surface area contributed by atoms with Crippen LogP contribution in [0.3, 0.4) is 0 Å². The van der Waals surface area contributed by atoms with Gasteiger partial charge in [-0.2, -0.15) is 0 Å². The minimum absolute atomic E-state index is 0.0473. The van der Waals surface area contributed by atoms with E-state index in [2.05, 4.69) is 5.32 Å². The molecular weight excluding hydrogens is 301 g/mol. The van der Waals surface area contributed by atoms with Gasteiger partial charge in [0.05, 0.1) is 12.0 Å². The van der Waals surface area contributed by atoms with Crippen molar-refractivity contribution in [1.29, 1.82) is 0 Å². The standard InChI is InChI=1S/C15H14BNO4S/c18-13(8-10-4-2-6-22-10)17-12-7-9-3-1-5-11(15(19)20)14(9)21-16-12/h1-6,12,16H,7-8H2,(H,17,18)(H,19,20). The van der Waals surface area contributed by atoms with Crippen LogP contribution in [0.2, 0.25) is 0 Å². The van der Waals surface area contributed by atoms with E-state index in [-0.39, 0.29) is 24.9 Å². The van der Waals surface area contributed by atoms with E-state index < -0.39 is 5.97 Å². The lowest BCUT2D eigenvalue weighted by Gasteiger charge is -2.26. The first-order valence-electron chi connectivity index (χ1n) is 6.93. The van der Waals surface area contributed by atoms with Crippen molar-refractivity contribution >= 4 is 30.7 Å². The Morgan fingerprint density at radius 1 is 1.36 bits per heavy atom. The van der Waals surface area contributed by atoms with Crippen LogP contribution >= 0.6 is 11.3 Å². The van der Waals surface area contributed by atoms with Crippen molar-refractivity contribution in [2.24, 2.45) is 0 Å². The Kier molecular flexibility index (Phi) is 4.15. The SMILES string of the molecule is O=C(Cc1cccs1)NC1BOc2c(cccc2C(=O)O)C1. The monoisotopic (exact) mass is 315 g/mol. The number of thiophene rings is 1. The molecule has 0 bridgehead atoms. The predicted molar refractivity (Wildman–Crippen MR) is 84.8 cm³/mol. The second kappa shape index (κ2) is 6.23. The molecule has 1 aliphatic heterocycles. The van der Waals surface area contributed by atoms with E-state index >= 15 is 0 Å². The highest BCUT2D eigenvalue weighted by molar-refractivity contribution is 7.10. The Bertz CT molecular complexity index is 702. The van der Waals surface area contributed by atoms with Gasteiger partial charge < -0.3 is 15.1 Å². The fourth-order valence-corrected chi connectivity index (χ4v) is 3.24. The molecule has 112 valence electrons. The van der Waals surface area contributed by atoms with E-state index in [1.54, 1.807) is 17.4 Å². The predicted octanol–water partition coefficient (Wildman–Crippen LogP) is 1.42. The first-order chi connectivity index (χ1) is 10.6. The molecule has 3 rings (SSSR count). The van der Waals surface area contributed by atoms with Gasteiger partial charge in [0.15, 0.2) is 0 Å². The van der Waals surface area contributed by atoms with Crippen LogP contribution in [0.25, 0.3) is 0 Å². The van der Waals surface area contributed by atoms with Gasteiger partial charge in [0, 0.05) is 10.8 Å². The maximum atomic E-state index is 12.0. The van der Waals surface area contributed by atoms with E-state index in [0.29, 0.717) is 18.6 Å². The number of amides is 1. The van der Waals surface area contributed by atoms with Crippen LogP contribution in [0.1, 0.15) is 20.8 Å². The Labute approximate surface area is 132 Å². The van der Waals surface area contributed by atoms with Crippen molar-refractivity contribution in [1.82, 2.24) is 5.32 Å². The Balaban J connectivity index is 1.66. The van der Waals surface area contributed by atoms with Gasteiger partial charge in [-0.15, -0.1) is 11.3 Å². The zero-order chi connectivity index (χ0) is 15.5. The third kappa shape index (κ3) is 3.14. The third-order valence-corrected chi connectivity index (χ3v) is 4.38. The molecule has 0 fully saturated rings. The average Bonchev–Trinajstić information content (AvgIpc) is 2.99.